The first-order valence-electron chi connectivity index (χ1n) is 8.67. The van der Waals surface area contributed by atoms with Gasteiger partial charge in [0.2, 0.25) is 5.88 Å². The highest BCUT2D eigenvalue weighted by Gasteiger charge is 2.28. The van der Waals surface area contributed by atoms with Crippen LogP contribution in [0.5, 0.6) is 5.88 Å². The van der Waals surface area contributed by atoms with Crippen LogP contribution in [-0.2, 0) is 16.0 Å². The molecule has 0 saturated carbocycles. The summed E-state index contributed by atoms with van der Waals surface area (Å²) in [4.78, 5) is 15.7. The first-order valence-corrected chi connectivity index (χ1v) is 8.67. The van der Waals surface area contributed by atoms with Gasteiger partial charge in [0.15, 0.2) is 0 Å². The Bertz CT molecular complexity index is 700. The number of anilines is 1. The fourth-order valence-corrected chi connectivity index (χ4v) is 2.93. The standard InChI is InChI=1S/C18H25N5O3/c1-24-10-8-19-16-5-7-20-17(22-16)15-13-26-11-9-23(15)12-14-4-3-6-21-18(14)25-2/h3-7,15H,8-13H2,1-2H3,(H,19,20,22)/t15-/m1/s1. The highest BCUT2D eigenvalue weighted by Crippen LogP contribution is 2.26. The number of aromatic nitrogens is 3. The van der Waals surface area contributed by atoms with Crippen molar-refractivity contribution in [2.45, 2.75) is 12.6 Å². The number of hydrogen-bond acceptors (Lipinski definition) is 8. The van der Waals surface area contributed by atoms with Crippen LogP contribution in [0.15, 0.2) is 30.6 Å². The predicted octanol–water partition coefficient (Wildman–Crippen LogP) is 1.51. The van der Waals surface area contributed by atoms with Crippen molar-refractivity contribution in [1.29, 1.82) is 0 Å². The zero-order chi connectivity index (χ0) is 18.2. The minimum absolute atomic E-state index is 0.0159. The molecule has 1 N–H and O–H groups in total. The van der Waals surface area contributed by atoms with Gasteiger partial charge in [0.05, 0.1) is 33.0 Å². The maximum Gasteiger partial charge on any atom is 0.217 e. The van der Waals surface area contributed by atoms with Gasteiger partial charge in [-0.1, -0.05) is 6.07 Å². The lowest BCUT2D eigenvalue weighted by atomic mass is 10.1. The Morgan fingerprint density at radius 3 is 3.04 bits per heavy atom. The van der Waals surface area contributed by atoms with E-state index in [4.69, 9.17) is 14.2 Å². The number of ether oxygens (including phenoxy) is 3. The fraction of sp³-hybridized carbons (Fsp3) is 0.500. The molecular weight excluding hydrogens is 334 g/mol. The third-order valence-corrected chi connectivity index (χ3v) is 4.24. The maximum atomic E-state index is 5.69. The molecule has 1 saturated heterocycles. The summed E-state index contributed by atoms with van der Waals surface area (Å²) in [6, 6.07) is 5.79. The topological polar surface area (TPSA) is 81.6 Å². The third-order valence-electron chi connectivity index (χ3n) is 4.24. The number of nitrogens with one attached hydrogen (secondary N) is 1. The van der Waals surface area contributed by atoms with Crippen LogP contribution in [-0.4, -0.2) is 67.0 Å². The number of rotatable bonds is 8. The minimum atomic E-state index is -0.0159. The van der Waals surface area contributed by atoms with Gasteiger partial charge in [0.1, 0.15) is 11.6 Å². The lowest BCUT2D eigenvalue weighted by Gasteiger charge is -2.34. The molecule has 1 aliphatic heterocycles. The average Bonchev–Trinajstić information content (AvgIpc) is 2.69. The largest absolute Gasteiger partial charge is 0.481 e. The molecule has 3 heterocycles. The van der Waals surface area contributed by atoms with E-state index >= 15 is 0 Å². The monoisotopic (exact) mass is 359 g/mol. The van der Waals surface area contributed by atoms with Gasteiger partial charge in [0.25, 0.3) is 0 Å². The molecule has 26 heavy (non-hydrogen) atoms. The van der Waals surface area contributed by atoms with Crippen LogP contribution in [0.2, 0.25) is 0 Å². The Balaban J connectivity index is 1.75. The number of nitrogens with zero attached hydrogens (tertiary/aromatic N) is 4. The van der Waals surface area contributed by atoms with Crippen molar-refractivity contribution in [3.8, 4) is 5.88 Å². The molecule has 0 aliphatic carbocycles. The summed E-state index contributed by atoms with van der Waals surface area (Å²) in [6.07, 6.45) is 3.51. The van der Waals surface area contributed by atoms with Crippen LogP contribution in [0.4, 0.5) is 5.82 Å². The minimum Gasteiger partial charge on any atom is -0.481 e. The highest BCUT2D eigenvalue weighted by molar-refractivity contribution is 5.33. The number of morpholine rings is 1. The van der Waals surface area contributed by atoms with Gasteiger partial charge in [-0.15, -0.1) is 0 Å². The van der Waals surface area contributed by atoms with Gasteiger partial charge in [-0.25, -0.2) is 15.0 Å². The summed E-state index contributed by atoms with van der Waals surface area (Å²) in [7, 11) is 3.32. The van der Waals surface area contributed by atoms with Crippen molar-refractivity contribution in [2.75, 3.05) is 52.4 Å². The van der Waals surface area contributed by atoms with Crippen molar-refractivity contribution in [3.63, 3.8) is 0 Å². The average molecular weight is 359 g/mol. The summed E-state index contributed by atoms with van der Waals surface area (Å²) in [5.74, 6) is 2.18. The SMILES string of the molecule is COCCNc1ccnc([C@H]2COCCN2Cc2cccnc2OC)n1. The van der Waals surface area contributed by atoms with Crippen LogP contribution in [0, 0.1) is 0 Å². The van der Waals surface area contributed by atoms with Gasteiger partial charge in [-0.05, 0) is 12.1 Å². The Labute approximate surface area is 153 Å². The molecule has 1 atom stereocenters. The zero-order valence-corrected chi connectivity index (χ0v) is 15.2. The molecule has 0 unspecified atom stereocenters. The van der Waals surface area contributed by atoms with Crippen LogP contribution in [0.1, 0.15) is 17.4 Å². The lowest BCUT2D eigenvalue weighted by molar-refractivity contribution is -0.0162. The molecule has 3 rings (SSSR count). The quantitative estimate of drug-likeness (QED) is 0.711. The lowest BCUT2D eigenvalue weighted by Crippen LogP contribution is -2.40. The third kappa shape index (κ3) is 4.66. The molecule has 2 aromatic heterocycles. The van der Waals surface area contributed by atoms with Crippen molar-refractivity contribution in [3.05, 3.63) is 42.0 Å². The van der Waals surface area contributed by atoms with E-state index in [1.165, 1.54) is 0 Å². The summed E-state index contributed by atoms with van der Waals surface area (Å²) in [5.41, 5.74) is 1.04. The highest BCUT2D eigenvalue weighted by atomic mass is 16.5. The van der Waals surface area contributed by atoms with E-state index in [1.807, 2.05) is 18.2 Å². The van der Waals surface area contributed by atoms with Crippen LogP contribution >= 0.6 is 0 Å². The van der Waals surface area contributed by atoms with Crippen molar-refractivity contribution in [1.82, 2.24) is 19.9 Å². The molecule has 2 aromatic rings. The van der Waals surface area contributed by atoms with Gasteiger partial charge >= 0.3 is 0 Å². The van der Waals surface area contributed by atoms with Gasteiger partial charge < -0.3 is 19.5 Å². The summed E-state index contributed by atoms with van der Waals surface area (Å²) in [5, 5.41) is 3.24. The van der Waals surface area contributed by atoms with Crippen LogP contribution < -0.4 is 10.1 Å². The van der Waals surface area contributed by atoms with Gasteiger partial charge in [0, 0.05) is 44.7 Å². The molecule has 8 nitrogen and oxygen atoms in total. The van der Waals surface area contributed by atoms with E-state index in [-0.39, 0.29) is 6.04 Å². The number of methoxy groups -OCH3 is 2. The molecule has 140 valence electrons. The van der Waals surface area contributed by atoms with Gasteiger partial charge in [-0.2, -0.15) is 0 Å². The van der Waals surface area contributed by atoms with Crippen LogP contribution in [0.25, 0.3) is 0 Å². The van der Waals surface area contributed by atoms with Crippen molar-refractivity contribution >= 4 is 5.82 Å². The summed E-state index contributed by atoms with van der Waals surface area (Å²) < 4.78 is 16.1. The molecule has 0 radical (unpaired) electrons. The van der Waals surface area contributed by atoms with Gasteiger partial charge in [-0.3, -0.25) is 4.90 Å². The molecule has 0 bridgehead atoms. The Hall–Kier alpha value is -2.29. The normalized spacial score (nSPS) is 17.8. The fourth-order valence-electron chi connectivity index (χ4n) is 2.93. The first-order chi connectivity index (χ1) is 12.8. The van der Waals surface area contributed by atoms with E-state index in [2.05, 4.69) is 25.2 Å². The van der Waals surface area contributed by atoms with E-state index in [9.17, 15) is 0 Å². The van der Waals surface area contributed by atoms with E-state index in [0.717, 1.165) is 23.8 Å². The van der Waals surface area contributed by atoms with Crippen molar-refractivity contribution < 1.29 is 14.2 Å². The second-order valence-electron chi connectivity index (χ2n) is 5.95. The Kier molecular flexibility index (Phi) is 6.70. The summed E-state index contributed by atoms with van der Waals surface area (Å²) >= 11 is 0. The molecule has 0 amide bonds. The van der Waals surface area contributed by atoms with Crippen LogP contribution in [0.3, 0.4) is 0 Å². The smallest absolute Gasteiger partial charge is 0.217 e. The first kappa shape index (κ1) is 18.5. The Morgan fingerprint density at radius 2 is 2.19 bits per heavy atom. The number of pyridine rings is 1. The van der Waals surface area contributed by atoms with E-state index < -0.39 is 0 Å². The Morgan fingerprint density at radius 1 is 1.27 bits per heavy atom. The summed E-state index contributed by atoms with van der Waals surface area (Å²) in [6.45, 7) is 4.07. The second kappa shape index (κ2) is 9.42. The molecule has 1 fully saturated rings. The van der Waals surface area contributed by atoms with E-state index in [1.54, 1.807) is 26.6 Å². The number of hydrogen-bond donors (Lipinski definition) is 1. The molecule has 0 aromatic carbocycles. The molecule has 0 spiro atoms. The molecular formula is C18H25N5O3. The predicted molar refractivity (Wildman–Crippen MR) is 97.2 cm³/mol. The maximum absolute atomic E-state index is 5.69. The second-order valence-corrected chi connectivity index (χ2v) is 5.95. The van der Waals surface area contributed by atoms with E-state index in [0.29, 0.717) is 38.8 Å². The van der Waals surface area contributed by atoms with Crippen molar-refractivity contribution in [2.24, 2.45) is 0 Å². The molecule has 8 heteroatoms. The molecule has 1 aliphatic rings. The zero-order valence-electron chi connectivity index (χ0n) is 15.2.